The smallest absolute Gasteiger partial charge is 0.225 e. The molecule has 0 radical (unpaired) electrons. The number of nitrogens with zero attached hydrogens (tertiary/aromatic N) is 7. The van der Waals surface area contributed by atoms with E-state index in [4.69, 9.17) is 37.7 Å². The number of likely N-dealkylation sites (tertiary alicyclic amines) is 3. The molecule has 49 heavy (non-hydrogen) atoms. The molecule has 0 amide bonds. The zero-order valence-corrected chi connectivity index (χ0v) is 30.3. The molecule has 4 aliphatic heterocycles. The van der Waals surface area contributed by atoms with Gasteiger partial charge in [-0.3, -0.25) is 9.80 Å². The summed E-state index contributed by atoms with van der Waals surface area (Å²) in [6.45, 7) is 14.3. The molecule has 7 rings (SSSR count). The van der Waals surface area contributed by atoms with Gasteiger partial charge in [0.15, 0.2) is 5.75 Å². The van der Waals surface area contributed by atoms with Crippen LogP contribution in [0.25, 0.3) is 0 Å². The second kappa shape index (κ2) is 14.6. The first kappa shape index (κ1) is 34.3. The number of aromatic nitrogens is 2. The van der Waals surface area contributed by atoms with Crippen molar-refractivity contribution in [3.05, 3.63) is 76.1 Å². The number of benzene rings is 2. The summed E-state index contributed by atoms with van der Waals surface area (Å²) in [7, 11) is 2.22. The molecule has 2 atom stereocenters. The van der Waals surface area contributed by atoms with Gasteiger partial charge in [0.25, 0.3) is 0 Å². The molecule has 0 saturated carbocycles. The Morgan fingerprint density at radius 1 is 0.898 bits per heavy atom. The first-order valence-corrected chi connectivity index (χ1v) is 18.5. The van der Waals surface area contributed by atoms with Crippen LogP contribution in [0.15, 0.2) is 48.7 Å². The van der Waals surface area contributed by atoms with Gasteiger partial charge in [-0.1, -0.05) is 37.6 Å². The Morgan fingerprint density at radius 3 is 2.27 bits per heavy atom. The molecule has 1 unspecified atom stereocenters. The zero-order valence-electron chi connectivity index (χ0n) is 28.8. The van der Waals surface area contributed by atoms with Crippen LogP contribution in [-0.4, -0.2) is 109 Å². The predicted molar refractivity (Wildman–Crippen MR) is 194 cm³/mol. The summed E-state index contributed by atoms with van der Waals surface area (Å²) in [4.78, 5) is 19.9. The van der Waals surface area contributed by atoms with Gasteiger partial charge in [0.1, 0.15) is 25.0 Å². The number of fused-ring (bicyclic) bond motifs is 1. The number of ether oxygens (including phenoxy) is 2. The normalized spacial score (nSPS) is 22.6. The molecule has 2 aromatic carbocycles. The number of likely N-dealkylation sites (N-methyl/N-ethyl adjacent to an activating group) is 1. The predicted octanol–water partition coefficient (Wildman–Crippen LogP) is 5.67. The van der Waals surface area contributed by atoms with Gasteiger partial charge in [0.2, 0.25) is 5.95 Å². The third kappa shape index (κ3) is 7.36. The number of halogens is 2. The Labute approximate surface area is 300 Å². The fraction of sp³-hybridized carbons (Fsp3) is 0.553. The minimum atomic E-state index is -0.407. The van der Waals surface area contributed by atoms with E-state index in [9.17, 15) is 5.26 Å². The highest BCUT2D eigenvalue weighted by Gasteiger charge is 2.43. The highest BCUT2D eigenvalue weighted by atomic mass is 35.5. The third-order valence-electron chi connectivity index (χ3n) is 11.2. The number of piperidine rings is 1. The van der Waals surface area contributed by atoms with Crippen LogP contribution in [0.4, 0.5) is 5.95 Å². The molecule has 5 heterocycles. The van der Waals surface area contributed by atoms with E-state index < -0.39 is 5.41 Å². The summed E-state index contributed by atoms with van der Waals surface area (Å²) >= 11 is 12.3. The molecule has 0 N–H and O–H groups in total. The summed E-state index contributed by atoms with van der Waals surface area (Å²) in [5, 5.41) is 10.1. The van der Waals surface area contributed by atoms with Gasteiger partial charge in [-0.25, -0.2) is 9.97 Å². The minimum absolute atomic E-state index is 0.285. The fourth-order valence-electron chi connectivity index (χ4n) is 8.24. The average Bonchev–Trinajstić information content (AvgIpc) is 3.69. The van der Waals surface area contributed by atoms with Crippen molar-refractivity contribution in [2.75, 3.05) is 76.8 Å². The van der Waals surface area contributed by atoms with Gasteiger partial charge < -0.3 is 19.3 Å². The summed E-state index contributed by atoms with van der Waals surface area (Å²) in [6.07, 6.45) is 4.48. The highest BCUT2D eigenvalue weighted by Crippen LogP contribution is 2.39. The number of alkyl halides is 1. The molecule has 9 nitrogen and oxygen atoms in total. The Balaban J connectivity index is 0.913. The second-order valence-corrected chi connectivity index (χ2v) is 15.6. The molecule has 260 valence electrons. The van der Waals surface area contributed by atoms with Crippen LogP contribution in [0.2, 0.25) is 5.02 Å². The van der Waals surface area contributed by atoms with Gasteiger partial charge in [0, 0.05) is 76.1 Å². The summed E-state index contributed by atoms with van der Waals surface area (Å²) < 4.78 is 11.8. The molecule has 4 aliphatic rings. The number of anilines is 1. The van der Waals surface area contributed by atoms with Gasteiger partial charge in [0.05, 0.1) is 22.2 Å². The molecule has 0 bridgehead atoms. The lowest BCUT2D eigenvalue weighted by Gasteiger charge is -2.47. The lowest BCUT2D eigenvalue weighted by molar-refractivity contribution is 0.0196. The van der Waals surface area contributed by atoms with Crippen molar-refractivity contribution in [3.8, 4) is 17.6 Å². The Morgan fingerprint density at radius 2 is 1.61 bits per heavy atom. The van der Waals surface area contributed by atoms with Crippen LogP contribution in [0, 0.1) is 23.2 Å². The van der Waals surface area contributed by atoms with E-state index in [1.54, 1.807) is 0 Å². The average molecular weight is 705 g/mol. The Hall–Kier alpha value is -3.13. The van der Waals surface area contributed by atoms with Crippen LogP contribution >= 0.6 is 23.2 Å². The van der Waals surface area contributed by atoms with E-state index in [-0.39, 0.29) is 6.61 Å². The molecule has 4 fully saturated rings. The SMILES string of the molecule is CN1CC(N2CCC(N3CC4CN(c5nccc(COc6ccc(C(C)(C)c7cc(Cl)c(OCCCl)c(C#N)c7)cc6)n5)C[C@@H]4C3)CC2)C1. The largest absolute Gasteiger partial charge is 0.489 e. The quantitative estimate of drug-likeness (QED) is 0.235. The number of nitriles is 1. The summed E-state index contributed by atoms with van der Waals surface area (Å²) in [5.74, 6) is 3.65. The van der Waals surface area contributed by atoms with Crippen molar-refractivity contribution < 1.29 is 9.47 Å². The standard InChI is InChI=1S/C38H47Cl2N7O2/c1-38(2,30-16-26(18-41)36(35(40)17-30)48-15-11-39)29-4-6-34(7-5-29)49-25-31-8-12-42-37(43-31)47-21-27-19-46(20-28(27)22-47)32-9-13-45(14-10-32)33-23-44(3)24-33/h4-8,12,16-17,27-28,32-33H,9-11,13-15,19-25H2,1-3H3/t27-,28?/m0/s1. The fourth-order valence-corrected chi connectivity index (χ4v) is 8.59. The van der Waals surface area contributed by atoms with E-state index in [0.717, 1.165) is 53.7 Å². The highest BCUT2D eigenvalue weighted by molar-refractivity contribution is 6.32. The number of hydrogen-bond donors (Lipinski definition) is 0. The van der Waals surface area contributed by atoms with Gasteiger partial charge in [-0.15, -0.1) is 11.6 Å². The van der Waals surface area contributed by atoms with Crippen molar-refractivity contribution >= 4 is 29.2 Å². The van der Waals surface area contributed by atoms with Crippen molar-refractivity contribution in [3.63, 3.8) is 0 Å². The molecule has 11 heteroatoms. The summed E-state index contributed by atoms with van der Waals surface area (Å²) in [6, 6.07) is 17.5. The van der Waals surface area contributed by atoms with Crippen molar-refractivity contribution in [2.45, 2.75) is 50.8 Å². The van der Waals surface area contributed by atoms with Gasteiger partial charge in [-0.2, -0.15) is 5.26 Å². The monoisotopic (exact) mass is 703 g/mol. The van der Waals surface area contributed by atoms with E-state index in [0.29, 0.717) is 40.7 Å². The molecule has 0 spiro atoms. The van der Waals surface area contributed by atoms with E-state index >= 15 is 0 Å². The molecule has 3 aromatic rings. The van der Waals surface area contributed by atoms with Crippen LogP contribution in [0.5, 0.6) is 11.5 Å². The van der Waals surface area contributed by atoms with E-state index in [2.05, 4.69) is 63.7 Å². The first-order chi connectivity index (χ1) is 23.7. The second-order valence-electron chi connectivity index (χ2n) is 14.8. The Kier molecular flexibility index (Phi) is 10.2. The Bertz CT molecular complexity index is 1640. The van der Waals surface area contributed by atoms with Crippen LogP contribution in [0.1, 0.15) is 49.1 Å². The number of hydrogen-bond acceptors (Lipinski definition) is 9. The molecular formula is C38H47Cl2N7O2. The lowest BCUT2D eigenvalue weighted by atomic mass is 9.77. The maximum atomic E-state index is 9.74. The molecule has 4 saturated heterocycles. The zero-order chi connectivity index (χ0) is 34.1. The van der Waals surface area contributed by atoms with Gasteiger partial charge in [-0.05, 0) is 73.2 Å². The lowest BCUT2D eigenvalue weighted by Crippen LogP contribution is -2.60. The first-order valence-electron chi connectivity index (χ1n) is 17.6. The van der Waals surface area contributed by atoms with E-state index in [1.807, 2.05) is 36.5 Å². The van der Waals surface area contributed by atoms with Crippen LogP contribution in [0.3, 0.4) is 0 Å². The maximum absolute atomic E-state index is 9.74. The van der Waals surface area contributed by atoms with Crippen molar-refractivity contribution in [1.82, 2.24) is 24.7 Å². The minimum Gasteiger partial charge on any atom is -0.489 e. The van der Waals surface area contributed by atoms with Crippen molar-refractivity contribution in [2.24, 2.45) is 11.8 Å². The molecular weight excluding hydrogens is 657 g/mol. The van der Waals surface area contributed by atoms with Crippen LogP contribution < -0.4 is 14.4 Å². The van der Waals surface area contributed by atoms with Gasteiger partial charge >= 0.3 is 0 Å². The molecule has 1 aromatic heterocycles. The summed E-state index contributed by atoms with van der Waals surface area (Å²) in [5.41, 5.74) is 2.85. The maximum Gasteiger partial charge on any atom is 0.225 e. The third-order valence-corrected chi connectivity index (χ3v) is 11.7. The number of rotatable bonds is 11. The van der Waals surface area contributed by atoms with E-state index in [1.165, 1.54) is 52.1 Å². The van der Waals surface area contributed by atoms with Crippen LogP contribution in [-0.2, 0) is 12.0 Å². The topological polar surface area (TPSA) is 81.0 Å². The van der Waals surface area contributed by atoms with Crippen molar-refractivity contribution in [1.29, 1.82) is 5.26 Å². The molecule has 0 aliphatic carbocycles.